The average molecular weight is 195 g/mol. The first-order valence-corrected chi connectivity index (χ1v) is 4.22. The van der Waals surface area contributed by atoms with E-state index in [2.05, 4.69) is 0 Å². The molecule has 0 fully saturated rings. The van der Waals surface area contributed by atoms with Crippen molar-refractivity contribution in [2.24, 2.45) is 0 Å². The van der Waals surface area contributed by atoms with E-state index in [1.165, 1.54) is 0 Å². The van der Waals surface area contributed by atoms with Gasteiger partial charge in [-0.3, -0.25) is 4.79 Å². The van der Waals surface area contributed by atoms with Gasteiger partial charge in [-0.15, -0.1) is 0 Å². The number of hydrogen-bond acceptors (Lipinski definition) is 2. The number of rotatable bonds is 0. The van der Waals surface area contributed by atoms with Crippen molar-refractivity contribution in [1.29, 1.82) is 0 Å². The Morgan fingerprint density at radius 1 is 1.43 bits per heavy atom. The van der Waals surface area contributed by atoms with E-state index in [1.54, 1.807) is 24.1 Å². The van der Waals surface area contributed by atoms with Gasteiger partial charge in [0.1, 0.15) is 5.75 Å². The van der Waals surface area contributed by atoms with Crippen molar-refractivity contribution in [3.63, 3.8) is 0 Å². The van der Waals surface area contributed by atoms with Crippen LogP contribution in [0.5, 0.6) is 5.75 Å². The Morgan fingerprint density at radius 3 is 2.64 bits per heavy atom. The summed E-state index contributed by atoms with van der Waals surface area (Å²) in [5, 5.41) is 9.56. The van der Waals surface area contributed by atoms with Crippen LogP contribution in [0.3, 0.4) is 0 Å². The van der Waals surface area contributed by atoms with Crippen molar-refractivity contribution in [2.45, 2.75) is 12.8 Å². The molecule has 1 amide bonds. The summed E-state index contributed by atoms with van der Waals surface area (Å²) < 4.78 is 0. The highest BCUT2D eigenvalue weighted by Gasteiger charge is 2.33. The van der Waals surface area contributed by atoms with Crippen LogP contribution in [0.15, 0.2) is 18.2 Å². The maximum atomic E-state index is 11.5. The molecule has 1 atom stereocenters. The van der Waals surface area contributed by atoms with Crippen LogP contribution in [0.2, 0.25) is 0 Å². The van der Waals surface area contributed by atoms with E-state index in [1.807, 2.05) is 13.0 Å². The van der Waals surface area contributed by atoms with Gasteiger partial charge in [0.05, 0.1) is 11.6 Å². The summed E-state index contributed by atoms with van der Waals surface area (Å²) in [4.78, 5) is 13.1. The lowest BCUT2D eigenvalue weighted by molar-refractivity contribution is -0.118. The SMILES string of the molecule is CC1C(=O)N(C)c2cccc(O)c21.O. The van der Waals surface area contributed by atoms with Gasteiger partial charge in [-0.05, 0) is 19.1 Å². The predicted molar refractivity (Wildman–Crippen MR) is 53.5 cm³/mol. The molecule has 1 unspecified atom stereocenters. The maximum Gasteiger partial charge on any atom is 0.234 e. The molecule has 4 nitrogen and oxygen atoms in total. The van der Waals surface area contributed by atoms with E-state index in [0.717, 1.165) is 11.3 Å². The molecule has 0 saturated heterocycles. The summed E-state index contributed by atoms with van der Waals surface area (Å²) in [6.07, 6.45) is 0. The third-order valence-electron chi connectivity index (χ3n) is 2.56. The highest BCUT2D eigenvalue weighted by atomic mass is 16.3. The van der Waals surface area contributed by atoms with Gasteiger partial charge < -0.3 is 15.5 Å². The van der Waals surface area contributed by atoms with Crippen molar-refractivity contribution in [1.82, 2.24) is 0 Å². The molecule has 0 aliphatic carbocycles. The zero-order valence-electron chi connectivity index (χ0n) is 8.11. The molecule has 0 radical (unpaired) electrons. The van der Waals surface area contributed by atoms with Crippen LogP contribution in [0.25, 0.3) is 0 Å². The average Bonchev–Trinajstić information content (AvgIpc) is 2.33. The lowest BCUT2D eigenvalue weighted by Crippen LogP contribution is -2.22. The molecule has 1 aliphatic rings. The fourth-order valence-electron chi connectivity index (χ4n) is 1.81. The second-order valence-electron chi connectivity index (χ2n) is 3.33. The number of likely N-dealkylation sites (N-methyl/N-ethyl adjacent to an activating group) is 1. The van der Waals surface area contributed by atoms with E-state index < -0.39 is 0 Å². The topological polar surface area (TPSA) is 72.0 Å². The minimum Gasteiger partial charge on any atom is -0.508 e. The number of phenolic OH excluding ortho intramolecular Hbond substituents is 1. The molecule has 1 aromatic rings. The molecular weight excluding hydrogens is 182 g/mol. The van der Waals surface area contributed by atoms with Crippen LogP contribution in [0, 0.1) is 0 Å². The summed E-state index contributed by atoms with van der Waals surface area (Å²) in [6, 6.07) is 5.20. The normalized spacial score (nSPS) is 19.1. The number of carbonyl (C=O) groups excluding carboxylic acids is 1. The zero-order valence-corrected chi connectivity index (χ0v) is 8.11. The monoisotopic (exact) mass is 195 g/mol. The third kappa shape index (κ3) is 1.15. The molecule has 4 heteroatoms. The lowest BCUT2D eigenvalue weighted by Gasteiger charge is -2.09. The maximum absolute atomic E-state index is 11.5. The van der Waals surface area contributed by atoms with Crippen molar-refractivity contribution in [3.8, 4) is 5.75 Å². The van der Waals surface area contributed by atoms with Crippen molar-refractivity contribution in [2.75, 3.05) is 11.9 Å². The smallest absolute Gasteiger partial charge is 0.234 e. The Hall–Kier alpha value is -1.55. The van der Waals surface area contributed by atoms with Crippen LogP contribution in [0.4, 0.5) is 5.69 Å². The van der Waals surface area contributed by atoms with Gasteiger partial charge in [-0.2, -0.15) is 0 Å². The Morgan fingerprint density at radius 2 is 2.07 bits per heavy atom. The number of amides is 1. The fourth-order valence-corrected chi connectivity index (χ4v) is 1.81. The Kier molecular flexibility index (Phi) is 2.49. The number of fused-ring (bicyclic) bond motifs is 1. The van der Waals surface area contributed by atoms with Gasteiger partial charge in [0, 0.05) is 12.6 Å². The molecule has 1 heterocycles. The quantitative estimate of drug-likeness (QED) is 0.660. The van der Waals surface area contributed by atoms with E-state index in [9.17, 15) is 9.90 Å². The van der Waals surface area contributed by atoms with Crippen LogP contribution in [-0.4, -0.2) is 23.5 Å². The summed E-state index contributed by atoms with van der Waals surface area (Å²) in [5.74, 6) is 0.0281. The summed E-state index contributed by atoms with van der Waals surface area (Å²) in [7, 11) is 1.73. The molecule has 0 aromatic heterocycles. The highest BCUT2D eigenvalue weighted by Crippen LogP contribution is 2.41. The molecule has 3 N–H and O–H groups in total. The van der Waals surface area contributed by atoms with Crippen LogP contribution in [-0.2, 0) is 4.79 Å². The third-order valence-corrected chi connectivity index (χ3v) is 2.56. The largest absolute Gasteiger partial charge is 0.508 e. The molecular formula is C10H13NO3. The fraction of sp³-hybridized carbons (Fsp3) is 0.300. The van der Waals surface area contributed by atoms with E-state index in [-0.39, 0.29) is 23.1 Å². The number of aromatic hydroxyl groups is 1. The van der Waals surface area contributed by atoms with Crippen molar-refractivity contribution >= 4 is 11.6 Å². The zero-order chi connectivity index (χ0) is 9.59. The van der Waals surface area contributed by atoms with Gasteiger partial charge in [0.25, 0.3) is 0 Å². The second kappa shape index (κ2) is 3.31. The minimum atomic E-state index is -0.221. The minimum absolute atomic E-state index is 0. The van der Waals surface area contributed by atoms with Crippen LogP contribution < -0.4 is 4.90 Å². The van der Waals surface area contributed by atoms with Crippen LogP contribution in [0.1, 0.15) is 18.4 Å². The van der Waals surface area contributed by atoms with Crippen molar-refractivity contribution in [3.05, 3.63) is 23.8 Å². The van der Waals surface area contributed by atoms with E-state index >= 15 is 0 Å². The molecule has 1 aliphatic heterocycles. The Labute approximate surface area is 82.1 Å². The van der Waals surface area contributed by atoms with E-state index in [4.69, 9.17) is 0 Å². The number of benzene rings is 1. The predicted octanol–water partition coefficient (Wildman–Crippen LogP) is 0.647. The van der Waals surface area contributed by atoms with Gasteiger partial charge >= 0.3 is 0 Å². The number of nitrogens with zero attached hydrogens (tertiary/aromatic N) is 1. The Balaban J connectivity index is 0.000000980. The van der Waals surface area contributed by atoms with Gasteiger partial charge in [0.2, 0.25) is 5.91 Å². The second-order valence-corrected chi connectivity index (χ2v) is 3.33. The first-order chi connectivity index (χ1) is 6.13. The molecule has 0 saturated carbocycles. The number of anilines is 1. The summed E-state index contributed by atoms with van der Waals surface area (Å²) in [6.45, 7) is 1.81. The number of carbonyl (C=O) groups is 1. The molecule has 1 aromatic carbocycles. The molecule has 0 bridgehead atoms. The summed E-state index contributed by atoms with van der Waals surface area (Å²) in [5.41, 5.74) is 1.56. The molecule has 76 valence electrons. The molecule has 14 heavy (non-hydrogen) atoms. The van der Waals surface area contributed by atoms with Gasteiger partial charge in [-0.1, -0.05) is 6.07 Å². The molecule has 0 spiro atoms. The standard InChI is InChI=1S/C10H11NO2.H2O/c1-6-9-7(11(2)10(6)13)4-3-5-8(9)12;/h3-6,12H,1-2H3;1H2. The highest BCUT2D eigenvalue weighted by molar-refractivity contribution is 6.05. The first kappa shape index (κ1) is 10.5. The van der Waals surface area contributed by atoms with Crippen LogP contribution >= 0.6 is 0 Å². The number of phenols is 1. The molecule has 2 rings (SSSR count). The van der Waals surface area contributed by atoms with Gasteiger partial charge in [-0.25, -0.2) is 0 Å². The van der Waals surface area contributed by atoms with Crippen molar-refractivity contribution < 1.29 is 15.4 Å². The Bertz CT molecular complexity index is 376. The van der Waals surface area contributed by atoms with E-state index in [0.29, 0.717) is 0 Å². The van der Waals surface area contributed by atoms with Gasteiger partial charge in [0.15, 0.2) is 0 Å². The summed E-state index contributed by atoms with van der Waals surface area (Å²) >= 11 is 0. The first-order valence-electron chi connectivity index (χ1n) is 4.22. The lowest BCUT2D eigenvalue weighted by atomic mass is 10.0. The number of hydrogen-bond donors (Lipinski definition) is 1.